The van der Waals surface area contributed by atoms with Crippen molar-refractivity contribution in [1.82, 2.24) is 0 Å². The number of hydrogen-bond donors (Lipinski definition) is 2. The third kappa shape index (κ3) is 10.8. The number of unbranched alkanes of at least 4 members (excludes halogenated alkanes) is 5. The van der Waals surface area contributed by atoms with Crippen LogP contribution in [0.4, 0.5) is 0 Å². The quantitative estimate of drug-likeness (QED) is 0.415. The Kier molecular flexibility index (Phi) is 13.6. The van der Waals surface area contributed by atoms with E-state index >= 15 is 0 Å². The molecule has 1 aromatic rings. The maximum Gasteiger partial charge on any atom is 0.327 e. The second-order valence-electron chi connectivity index (χ2n) is 5.60. The van der Waals surface area contributed by atoms with Crippen LogP contribution in [-0.2, 0) is 9.53 Å². The van der Waals surface area contributed by atoms with Crippen LogP contribution in [0.2, 0.25) is 0 Å². The molecule has 0 aliphatic carbocycles. The molecule has 0 spiro atoms. The van der Waals surface area contributed by atoms with E-state index in [1.807, 2.05) is 25.1 Å². The topological polar surface area (TPSA) is 66.8 Å². The minimum atomic E-state index is -0.981. The van der Waals surface area contributed by atoms with Gasteiger partial charge in [0.05, 0.1) is 6.10 Å². The summed E-state index contributed by atoms with van der Waals surface area (Å²) in [5, 5.41) is 17.5. The van der Waals surface area contributed by atoms with E-state index in [1.165, 1.54) is 38.5 Å². The van der Waals surface area contributed by atoms with Gasteiger partial charge in [0.25, 0.3) is 0 Å². The van der Waals surface area contributed by atoms with Gasteiger partial charge in [-0.1, -0.05) is 70.2 Å². The number of aromatic hydroxyl groups is 1. The van der Waals surface area contributed by atoms with Crippen LogP contribution in [-0.4, -0.2) is 22.8 Å². The summed E-state index contributed by atoms with van der Waals surface area (Å²) < 4.78 is 5.78. The molecule has 1 aromatic carbocycles. The molecule has 0 bridgehead atoms. The third-order valence-electron chi connectivity index (χ3n) is 3.65. The number of carboxylic acid groups (broad SMARTS) is 1. The molecule has 0 aliphatic heterocycles. The van der Waals surface area contributed by atoms with Gasteiger partial charge in [-0.25, -0.2) is 4.79 Å². The van der Waals surface area contributed by atoms with Gasteiger partial charge < -0.3 is 14.9 Å². The van der Waals surface area contributed by atoms with E-state index in [0.29, 0.717) is 12.4 Å². The molecule has 0 saturated heterocycles. The summed E-state index contributed by atoms with van der Waals surface area (Å²) in [6.07, 6.45) is 9.59. The molecule has 0 radical (unpaired) electrons. The van der Waals surface area contributed by atoms with E-state index in [1.54, 1.807) is 6.07 Å². The summed E-state index contributed by atoms with van der Waals surface area (Å²) in [4.78, 5) is 9.25. The van der Waals surface area contributed by atoms with Gasteiger partial charge in [-0.15, -0.1) is 0 Å². The van der Waals surface area contributed by atoms with Crippen molar-refractivity contribution in [3.05, 3.63) is 42.5 Å². The predicted molar refractivity (Wildman–Crippen MR) is 98.3 cm³/mol. The second-order valence-corrected chi connectivity index (χ2v) is 5.60. The van der Waals surface area contributed by atoms with Gasteiger partial charge >= 0.3 is 5.97 Å². The molecule has 0 heterocycles. The van der Waals surface area contributed by atoms with Crippen LogP contribution >= 0.6 is 0 Å². The Morgan fingerprint density at radius 1 is 1.17 bits per heavy atom. The molecule has 0 amide bonds. The zero-order valence-electron chi connectivity index (χ0n) is 15.0. The number of carboxylic acids is 1. The van der Waals surface area contributed by atoms with Gasteiger partial charge in [-0.05, 0) is 19.4 Å². The molecule has 1 unspecified atom stereocenters. The number of aliphatic carboxylic acids is 1. The number of hydrogen-bond acceptors (Lipinski definition) is 3. The predicted octanol–water partition coefficient (Wildman–Crippen LogP) is 5.48. The third-order valence-corrected chi connectivity index (χ3v) is 3.65. The van der Waals surface area contributed by atoms with Gasteiger partial charge in [0, 0.05) is 18.2 Å². The van der Waals surface area contributed by atoms with Gasteiger partial charge in [-0.2, -0.15) is 0 Å². The molecule has 1 rings (SSSR count). The largest absolute Gasteiger partial charge is 0.508 e. The smallest absolute Gasteiger partial charge is 0.327 e. The lowest BCUT2D eigenvalue weighted by atomic mass is 10.0. The highest BCUT2D eigenvalue weighted by molar-refractivity contribution is 5.78. The monoisotopic (exact) mass is 336 g/mol. The van der Waals surface area contributed by atoms with E-state index < -0.39 is 5.97 Å². The van der Waals surface area contributed by atoms with Gasteiger partial charge in [0.15, 0.2) is 0 Å². The molecule has 2 N–H and O–H groups in total. The van der Waals surface area contributed by atoms with Crippen molar-refractivity contribution in [3.63, 3.8) is 0 Å². The fourth-order valence-corrected chi connectivity index (χ4v) is 2.40. The number of benzene rings is 1. The van der Waals surface area contributed by atoms with Crippen molar-refractivity contribution in [2.24, 2.45) is 0 Å². The second kappa shape index (κ2) is 14.8. The standard InChI is InChI=1S/C17H28O2.C3H4O2/c1-3-5-6-7-8-9-14-17(19-4-2)15-12-10-11-13-16(15)18;1-2-3(4)5/h10-13,17-18H,3-9,14H2,1-2H3;2H,1H2,(H,4,5). The Bertz CT molecular complexity index is 457. The molecule has 1 atom stereocenters. The summed E-state index contributed by atoms with van der Waals surface area (Å²) in [6.45, 7) is 7.90. The molecular formula is C20H32O4. The summed E-state index contributed by atoms with van der Waals surface area (Å²) in [5.41, 5.74) is 0.929. The Labute approximate surface area is 146 Å². The summed E-state index contributed by atoms with van der Waals surface area (Å²) >= 11 is 0. The first-order valence-electron chi connectivity index (χ1n) is 8.81. The molecule has 24 heavy (non-hydrogen) atoms. The van der Waals surface area contributed by atoms with Crippen LogP contribution in [0.5, 0.6) is 5.75 Å². The fourth-order valence-electron chi connectivity index (χ4n) is 2.40. The number of para-hydroxylation sites is 1. The number of rotatable bonds is 11. The number of phenolic OH excluding ortho intramolecular Hbond substituents is 1. The zero-order valence-corrected chi connectivity index (χ0v) is 15.0. The van der Waals surface area contributed by atoms with E-state index in [0.717, 1.165) is 18.1 Å². The summed E-state index contributed by atoms with van der Waals surface area (Å²) in [7, 11) is 0. The average molecular weight is 336 g/mol. The van der Waals surface area contributed by atoms with Gasteiger partial charge in [-0.3, -0.25) is 0 Å². The number of carbonyl (C=O) groups is 1. The van der Waals surface area contributed by atoms with E-state index in [2.05, 4.69) is 13.5 Å². The lowest BCUT2D eigenvalue weighted by Crippen LogP contribution is -2.04. The van der Waals surface area contributed by atoms with E-state index in [-0.39, 0.29) is 6.10 Å². The van der Waals surface area contributed by atoms with Crippen molar-refractivity contribution in [1.29, 1.82) is 0 Å². The molecular weight excluding hydrogens is 304 g/mol. The molecule has 0 fully saturated rings. The first kappa shape index (κ1) is 22.2. The van der Waals surface area contributed by atoms with Crippen molar-refractivity contribution in [2.75, 3.05) is 6.61 Å². The van der Waals surface area contributed by atoms with Crippen molar-refractivity contribution >= 4 is 5.97 Å². The summed E-state index contributed by atoms with van der Waals surface area (Å²) in [6, 6.07) is 7.52. The van der Waals surface area contributed by atoms with Crippen LogP contribution in [0.3, 0.4) is 0 Å². The van der Waals surface area contributed by atoms with Crippen molar-refractivity contribution in [3.8, 4) is 5.75 Å². The zero-order chi connectivity index (χ0) is 18.2. The number of ether oxygens (including phenoxy) is 1. The Balaban J connectivity index is 0.000000922. The molecule has 0 aromatic heterocycles. The molecule has 4 heteroatoms. The van der Waals surface area contributed by atoms with Gasteiger partial charge in [0.1, 0.15) is 5.75 Å². The SMILES string of the molecule is C=CC(=O)O.CCCCCCCCC(OCC)c1ccccc1O. The van der Waals surface area contributed by atoms with Crippen LogP contribution in [0, 0.1) is 0 Å². The van der Waals surface area contributed by atoms with Crippen LogP contribution in [0.1, 0.15) is 70.5 Å². The Morgan fingerprint density at radius 2 is 1.75 bits per heavy atom. The maximum absolute atomic E-state index is 9.90. The first-order valence-corrected chi connectivity index (χ1v) is 8.81. The molecule has 136 valence electrons. The van der Waals surface area contributed by atoms with Crippen LogP contribution in [0.15, 0.2) is 36.9 Å². The minimum absolute atomic E-state index is 0.0392. The number of phenols is 1. The lowest BCUT2D eigenvalue weighted by molar-refractivity contribution is -0.131. The van der Waals surface area contributed by atoms with Crippen LogP contribution < -0.4 is 0 Å². The minimum Gasteiger partial charge on any atom is -0.508 e. The first-order chi connectivity index (χ1) is 11.6. The average Bonchev–Trinajstić information content (AvgIpc) is 2.58. The van der Waals surface area contributed by atoms with E-state index in [4.69, 9.17) is 9.84 Å². The molecule has 0 aliphatic rings. The van der Waals surface area contributed by atoms with Crippen molar-refractivity contribution in [2.45, 2.75) is 64.9 Å². The molecule has 0 saturated carbocycles. The Morgan fingerprint density at radius 3 is 2.29 bits per heavy atom. The maximum atomic E-state index is 9.90. The van der Waals surface area contributed by atoms with E-state index in [9.17, 15) is 9.90 Å². The highest BCUT2D eigenvalue weighted by Crippen LogP contribution is 2.30. The highest BCUT2D eigenvalue weighted by Gasteiger charge is 2.14. The summed E-state index contributed by atoms with van der Waals surface area (Å²) in [5.74, 6) is -0.628. The van der Waals surface area contributed by atoms with Crippen molar-refractivity contribution < 1.29 is 19.7 Å². The normalized spacial score (nSPS) is 11.2. The van der Waals surface area contributed by atoms with Crippen LogP contribution in [0.25, 0.3) is 0 Å². The fraction of sp³-hybridized carbons (Fsp3) is 0.550. The Hall–Kier alpha value is -1.81. The molecule has 4 nitrogen and oxygen atoms in total. The highest BCUT2D eigenvalue weighted by atomic mass is 16.5. The lowest BCUT2D eigenvalue weighted by Gasteiger charge is -2.18. The van der Waals surface area contributed by atoms with Gasteiger partial charge in [0.2, 0.25) is 0 Å².